The predicted octanol–water partition coefficient (Wildman–Crippen LogP) is 5.70. The zero-order chi connectivity index (χ0) is 24.4. The second-order valence-electron chi connectivity index (χ2n) is 8.16. The first-order valence-electron chi connectivity index (χ1n) is 11.2. The van der Waals surface area contributed by atoms with Gasteiger partial charge < -0.3 is 19.5 Å². The van der Waals surface area contributed by atoms with E-state index in [-0.39, 0.29) is 18.3 Å². The van der Waals surface area contributed by atoms with Gasteiger partial charge in [0.2, 0.25) is 17.6 Å². The highest BCUT2D eigenvalue weighted by atomic mass is 79.9. The van der Waals surface area contributed by atoms with Crippen molar-refractivity contribution in [3.05, 3.63) is 76.8 Å². The molecule has 9 heteroatoms. The molecular formula is C26H22BrFN4O3. The number of anilines is 1. The molecule has 0 unspecified atom stereocenters. The molecule has 2 heterocycles. The number of halogens is 2. The Labute approximate surface area is 208 Å². The summed E-state index contributed by atoms with van der Waals surface area (Å²) < 4.78 is 21.2. The van der Waals surface area contributed by atoms with Crippen molar-refractivity contribution < 1.29 is 18.8 Å². The van der Waals surface area contributed by atoms with Crippen LogP contribution in [0.15, 0.2) is 69.7 Å². The zero-order valence-electron chi connectivity index (χ0n) is 18.7. The summed E-state index contributed by atoms with van der Waals surface area (Å²) in [4.78, 5) is 16.9. The van der Waals surface area contributed by atoms with Crippen LogP contribution >= 0.6 is 15.9 Å². The lowest BCUT2D eigenvalue weighted by atomic mass is 10.1. The van der Waals surface area contributed by atoms with Gasteiger partial charge in [0.05, 0.1) is 6.61 Å². The van der Waals surface area contributed by atoms with Gasteiger partial charge in [-0.05, 0) is 64.8 Å². The maximum atomic E-state index is 13.3. The number of nitrogens with one attached hydrogen (secondary N) is 1. The van der Waals surface area contributed by atoms with Crippen molar-refractivity contribution in [2.75, 3.05) is 11.9 Å². The van der Waals surface area contributed by atoms with Crippen LogP contribution in [0.5, 0.6) is 0 Å². The number of carbonyl (C=O) groups excluding carboxylic acids is 1. The van der Waals surface area contributed by atoms with Crippen LogP contribution in [0, 0.1) is 5.82 Å². The highest BCUT2D eigenvalue weighted by molar-refractivity contribution is 9.10. The molecule has 0 spiro atoms. The van der Waals surface area contributed by atoms with Gasteiger partial charge in [0, 0.05) is 56.9 Å². The summed E-state index contributed by atoms with van der Waals surface area (Å²) in [6.45, 7) is 0.556. The van der Waals surface area contributed by atoms with Crippen molar-refractivity contribution in [3.63, 3.8) is 0 Å². The van der Waals surface area contributed by atoms with Crippen LogP contribution in [0.1, 0.15) is 18.7 Å². The van der Waals surface area contributed by atoms with Crippen molar-refractivity contribution in [3.8, 4) is 11.4 Å². The number of aryl methyl sites for hydroxylation is 1. The summed E-state index contributed by atoms with van der Waals surface area (Å²) in [6, 6.07) is 18.1. The monoisotopic (exact) mass is 536 g/mol. The number of rotatable bonds is 8. The normalized spacial score (nSPS) is 11.4. The number of hydrogen-bond acceptors (Lipinski definition) is 5. The fraction of sp³-hybridized carbons (Fsp3) is 0.192. The largest absolute Gasteiger partial charge is 0.395 e. The van der Waals surface area contributed by atoms with E-state index < -0.39 is 0 Å². The van der Waals surface area contributed by atoms with Crippen LogP contribution in [0.25, 0.3) is 33.2 Å². The van der Waals surface area contributed by atoms with Crippen molar-refractivity contribution in [2.45, 2.75) is 25.8 Å². The standard InChI is InChI=1S/C26H22BrFN4O3/c27-21-14-16(28)8-10-19(21)26-30-25(35-31-26)7-3-6-24(34)29-17-9-11-23-20(15-17)18-4-1-2-5-22(18)32(23)12-13-33/h1-2,4-5,8-11,14-15,33H,3,6-7,12-13H2,(H,29,34). The topological polar surface area (TPSA) is 93.2 Å². The molecule has 0 bridgehead atoms. The summed E-state index contributed by atoms with van der Waals surface area (Å²) in [5.74, 6) is 0.321. The average Bonchev–Trinajstić information content (AvgIpc) is 3.43. The maximum absolute atomic E-state index is 13.3. The molecule has 0 fully saturated rings. The van der Waals surface area contributed by atoms with Gasteiger partial charge >= 0.3 is 0 Å². The second-order valence-corrected chi connectivity index (χ2v) is 9.02. The van der Waals surface area contributed by atoms with Crippen molar-refractivity contribution >= 4 is 49.3 Å². The quantitative estimate of drug-likeness (QED) is 0.265. The number of para-hydroxylation sites is 1. The molecule has 5 rings (SSSR count). The third-order valence-electron chi connectivity index (χ3n) is 5.81. The van der Waals surface area contributed by atoms with Gasteiger partial charge in [0.15, 0.2) is 0 Å². The van der Waals surface area contributed by atoms with Gasteiger partial charge in [0.25, 0.3) is 0 Å². The Morgan fingerprint density at radius 2 is 1.91 bits per heavy atom. The van der Waals surface area contributed by atoms with Gasteiger partial charge in [-0.2, -0.15) is 4.98 Å². The lowest BCUT2D eigenvalue weighted by Crippen LogP contribution is -2.11. The Bertz CT molecular complexity index is 1530. The molecule has 0 atom stereocenters. The molecule has 2 aromatic heterocycles. The number of carbonyl (C=O) groups is 1. The Morgan fingerprint density at radius 1 is 1.09 bits per heavy atom. The first-order chi connectivity index (χ1) is 17.0. The van der Waals surface area contributed by atoms with Crippen molar-refractivity contribution in [1.82, 2.24) is 14.7 Å². The van der Waals surface area contributed by atoms with E-state index in [4.69, 9.17) is 4.52 Å². The molecule has 0 saturated carbocycles. The Morgan fingerprint density at radius 3 is 2.74 bits per heavy atom. The number of aromatic nitrogens is 3. The Balaban J connectivity index is 1.23. The number of aliphatic hydroxyl groups is 1. The second kappa shape index (κ2) is 9.97. The summed E-state index contributed by atoms with van der Waals surface area (Å²) in [6.07, 6.45) is 1.28. The van der Waals surface area contributed by atoms with E-state index in [1.54, 1.807) is 6.07 Å². The Hall–Kier alpha value is -3.56. The highest BCUT2D eigenvalue weighted by Gasteiger charge is 2.14. The highest BCUT2D eigenvalue weighted by Crippen LogP contribution is 2.31. The van der Waals surface area contributed by atoms with Crippen LogP contribution in [0.3, 0.4) is 0 Å². The number of fused-ring (bicyclic) bond motifs is 3. The molecule has 35 heavy (non-hydrogen) atoms. The van der Waals surface area contributed by atoms with Gasteiger partial charge in [0.1, 0.15) is 5.82 Å². The smallest absolute Gasteiger partial charge is 0.226 e. The van der Waals surface area contributed by atoms with Gasteiger partial charge in [-0.25, -0.2) is 4.39 Å². The average molecular weight is 537 g/mol. The van der Waals surface area contributed by atoms with Crippen LogP contribution in [-0.4, -0.2) is 32.3 Å². The molecule has 7 nitrogen and oxygen atoms in total. The first-order valence-corrected chi connectivity index (χ1v) is 12.0. The summed E-state index contributed by atoms with van der Waals surface area (Å²) >= 11 is 3.31. The van der Waals surface area contributed by atoms with E-state index in [2.05, 4.69) is 36.0 Å². The lowest BCUT2D eigenvalue weighted by Gasteiger charge is -2.07. The van der Waals surface area contributed by atoms with Crippen LogP contribution in [0.4, 0.5) is 10.1 Å². The van der Waals surface area contributed by atoms with Crippen molar-refractivity contribution in [2.24, 2.45) is 0 Å². The van der Waals surface area contributed by atoms with Gasteiger partial charge in [-0.15, -0.1) is 0 Å². The minimum Gasteiger partial charge on any atom is -0.395 e. The van der Waals surface area contributed by atoms with Crippen LogP contribution in [-0.2, 0) is 17.8 Å². The Kier molecular flexibility index (Phi) is 6.61. The summed E-state index contributed by atoms with van der Waals surface area (Å²) in [7, 11) is 0. The summed E-state index contributed by atoms with van der Waals surface area (Å²) in [5.41, 5.74) is 3.41. The van der Waals surface area contributed by atoms with Crippen LogP contribution < -0.4 is 5.32 Å². The lowest BCUT2D eigenvalue weighted by molar-refractivity contribution is -0.116. The number of benzene rings is 3. The number of nitrogens with zero attached hydrogens (tertiary/aromatic N) is 3. The third-order valence-corrected chi connectivity index (χ3v) is 6.47. The minimum absolute atomic E-state index is 0.0506. The molecule has 0 aliphatic heterocycles. The number of hydrogen-bond donors (Lipinski definition) is 2. The molecule has 5 aromatic rings. The van der Waals surface area contributed by atoms with E-state index in [9.17, 15) is 14.3 Å². The molecule has 0 saturated heterocycles. The third kappa shape index (κ3) is 4.82. The van der Waals surface area contributed by atoms with Crippen molar-refractivity contribution in [1.29, 1.82) is 0 Å². The van der Waals surface area contributed by atoms with E-state index >= 15 is 0 Å². The molecule has 0 aliphatic rings. The fourth-order valence-electron chi connectivity index (χ4n) is 4.23. The molecule has 3 aromatic carbocycles. The molecule has 0 aliphatic carbocycles. The molecule has 0 radical (unpaired) electrons. The molecule has 1 amide bonds. The predicted molar refractivity (Wildman–Crippen MR) is 135 cm³/mol. The van der Waals surface area contributed by atoms with Gasteiger partial charge in [-0.3, -0.25) is 4.79 Å². The number of aliphatic hydroxyl groups excluding tert-OH is 1. The van der Waals surface area contributed by atoms with E-state index in [0.29, 0.717) is 47.6 Å². The first kappa shape index (κ1) is 23.2. The summed E-state index contributed by atoms with van der Waals surface area (Å²) in [5, 5.41) is 18.5. The van der Waals surface area contributed by atoms with E-state index in [1.165, 1.54) is 12.1 Å². The van der Waals surface area contributed by atoms with Gasteiger partial charge in [-0.1, -0.05) is 23.4 Å². The zero-order valence-corrected chi connectivity index (χ0v) is 20.3. The molecular weight excluding hydrogens is 515 g/mol. The van der Waals surface area contributed by atoms with E-state index in [1.807, 2.05) is 42.5 Å². The molecule has 2 N–H and O–H groups in total. The maximum Gasteiger partial charge on any atom is 0.226 e. The SMILES string of the molecule is O=C(CCCc1nc(-c2ccc(F)cc2Br)no1)Nc1ccc2c(c1)c1ccccc1n2CCO. The fourth-order valence-corrected chi connectivity index (χ4v) is 4.76. The van der Waals surface area contributed by atoms with Crippen LogP contribution in [0.2, 0.25) is 0 Å². The minimum atomic E-state index is -0.356. The number of amides is 1. The van der Waals surface area contributed by atoms with E-state index in [0.717, 1.165) is 27.5 Å². The molecule has 178 valence electrons.